The number of ether oxygens (including phenoxy) is 1. The van der Waals surface area contributed by atoms with Gasteiger partial charge in [0.25, 0.3) is 5.91 Å². The average Bonchev–Trinajstić information content (AvgIpc) is 2.42. The molecule has 0 aliphatic rings. The minimum Gasteiger partial charge on any atom is -0.479 e. The van der Waals surface area contributed by atoms with Crippen molar-refractivity contribution in [2.75, 3.05) is 13.1 Å². The third kappa shape index (κ3) is 5.21. The number of rotatable bonds is 7. The van der Waals surface area contributed by atoms with Crippen LogP contribution < -0.4 is 10.5 Å². The number of carbonyl (C=O) groups is 1. The van der Waals surface area contributed by atoms with Crippen LogP contribution in [0.15, 0.2) is 18.2 Å². The zero-order valence-electron chi connectivity index (χ0n) is 13.2. The second-order valence-corrected chi connectivity index (χ2v) is 5.62. The molecule has 2 atom stereocenters. The molecule has 0 aliphatic heterocycles. The summed E-state index contributed by atoms with van der Waals surface area (Å²) >= 11 is 6.22. The highest BCUT2D eigenvalue weighted by Crippen LogP contribution is 2.27. The Balaban J connectivity index is 2.76. The summed E-state index contributed by atoms with van der Waals surface area (Å²) in [5.41, 5.74) is 6.83. The summed E-state index contributed by atoms with van der Waals surface area (Å²) in [6.45, 7) is 8.93. The lowest BCUT2D eigenvalue weighted by molar-refractivity contribution is -0.137. The topological polar surface area (TPSA) is 55.6 Å². The number of hydrogen-bond acceptors (Lipinski definition) is 3. The summed E-state index contributed by atoms with van der Waals surface area (Å²) in [6.07, 6.45) is 0.204. The highest BCUT2D eigenvalue weighted by atomic mass is 35.5. The zero-order chi connectivity index (χ0) is 16.0. The number of benzene rings is 1. The molecule has 118 valence electrons. The largest absolute Gasteiger partial charge is 0.479 e. The number of carbonyl (C=O) groups excluding carboxylic acids is 1. The van der Waals surface area contributed by atoms with Gasteiger partial charge < -0.3 is 15.4 Å². The van der Waals surface area contributed by atoms with E-state index in [0.29, 0.717) is 23.9 Å². The van der Waals surface area contributed by atoms with Gasteiger partial charge in [-0.25, -0.2) is 0 Å². The van der Waals surface area contributed by atoms with Crippen molar-refractivity contribution in [1.29, 1.82) is 0 Å². The fourth-order valence-electron chi connectivity index (χ4n) is 2.17. The van der Waals surface area contributed by atoms with Gasteiger partial charge >= 0.3 is 0 Å². The van der Waals surface area contributed by atoms with E-state index in [2.05, 4.69) is 0 Å². The Labute approximate surface area is 132 Å². The van der Waals surface area contributed by atoms with E-state index < -0.39 is 6.10 Å². The first-order valence-electron chi connectivity index (χ1n) is 7.38. The molecule has 0 heterocycles. The van der Waals surface area contributed by atoms with Crippen LogP contribution in [0.1, 0.15) is 33.3 Å². The SMILES string of the molecule is CCN(CC)C(=O)C(C)Oc1ccc(CC(C)N)cc1Cl. The number of nitrogens with zero attached hydrogens (tertiary/aromatic N) is 1. The van der Waals surface area contributed by atoms with Crippen LogP contribution in [-0.4, -0.2) is 36.0 Å². The molecular formula is C16H25ClN2O2. The van der Waals surface area contributed by atoms with E-state index in [9.17, 15) is 4.79 Å². The first-order valence-corrected chi connectivity index (χ1v) is 7.76. The Morgan fingerprint density at radius 3 is 2.43 bits per heavy atom. The van der Waals surface area contributed by atoms with Crippen molar-refractivity contribution in [3.8, 4) is 5.75 Å². The van der Waals surface area contributed by atoms with Gasteiger partial charge in [-0.2, -0.15) is 0 Å². The summed E-state index contributed by atoms with van der Waals surface area (Å²) in [4.78, 5) is 13.9. The molecule has 1 aromatic carbocycles. The van der Waals surface area contributed by atoms with Gasteiger partial charge in [0, 0.05) is 19.1 Å². The first kappa shape index (κ1) is 17.8. The molecule has 0 saturated heterocycles. The second-order valence-electron chi connectivity index (χ2n) is 5.22. The summed E-state index contributed by atoms with van der Waals surface area (Å²) < 4.78 is 5.70. The molecule has 0 spiro atoms. The predicted molar refractivity (Wildman–Crippen MR) is 86.8 cm³/mol. The summed E-state index contributed by atoms with van der Waals surface area (Å²) in [6, 6.07) is 5.65. The Bertz CT molecular complexity index is 473. The van der Waals surface area contributed by atoms with Gasteiger partial charge in [0.15, 0.2) is 6.10 Å². The van der Waals surface area contributed by atoms with Crippen LogP contribution >= 0.6 is 11.6 Å². The van der Waals surface area contributed by atoms with Crippen molar-refractivity contribution in [3.63, 3.8) is 0 Å². The van der Waals surface area contributed by atoms with Crippen molar-refractivity contribution in [2.24, 2.45) is 5.73 Å². The van der Waals surface area contributed by atoms with Gasteiger partial charge in [0.1, 0.15) is 5.75 Å². The monoisotopic (exact) mass is 312 g/mol. The van der Waals surface area contributed by atoms with Crippen molar-refractivity contribution in [2.45, 2.75) is 46.3 Å². The van der Waals surface area contributed by atoms with Crippen LogP contribution in [0.2, 0.25) is 5.02 Å². The molecule has 1 amide bonds. The maximum Gasteiger partial charge on any atom is 0.263 e. The lowest BCUT2D eigenvalue weighted by Crippen LogP contribution is -2.40. The van der Waals surface area contributed by atoms with Crippen molar-refractivity contribution in [3.05, 3.63) is 28.8 Å². The lowest BCUT2D eigenvalue weighted by Gasteiger charge is -2.23. The van der Waals surface area contributed by atoms with E-state index in [1.54, 1.807) is 17.9 Å². The quantitative estimate of drug-likeness (QED) is 0.842. The number of hydrogen-bond donors (Lipinski definition) is 1. The van der Waals surface area contributed by atoms with Crippen LogP contribution in [0.3, 0.4) is 0 Å². The minimum absolute atomic E-state index is 0.0317. The van der Waals surface area contributed by atoms with E-state index in [1.807, 2.05) is 32.9 Å². The van der Waals surface area contributed by atoms with E-state index >= 15 is 0 Å². The van der Waals surface area contributed by atoms with Gasteiger partial charge in [-0.05, 0) is 51.8 Å². The molecule has 2 unspecified atom stereocenters. The van der Waals surface area contributed by atoms with Crippen LogP contribution in [0, 0.1) is 0 Å². The van der Waals surface area contributed by atoms with E-state index in [1.165, 1.54) is 0 Å². The third-order valence-corrected chi connectivity index (χ3v) is 3.58. The standard InChI is InChI=1S/C16H25ClN2O2/c1-5-19(6-2)16(20)12(4)21-15-8-7-13(9-11(3)18)10-14(15)17/h7-8,10-12H,5-6,9,18H2,1-4H3. The molecular weight excluding hydrogens is 288 g/mol. The Morgan fingerprint density at radius 2 is 1.95 bits per heavy atom. The molecule has 0 saturated carbocycles. The average molecular weight is 313 g/mol. The molecule has 0 aliphatic carbocycles. The number of halogens is 1. The second kappa shape index (κ2) is 8.25. The fourth-order valence-corrected chi connectivity index (χ4v) is 2.42. The summed E-state index contributed by atoms with van der Waals surface area (Å²) in [5.74, 6) is 0.494. The van der Waals surface area contributed by atoms with Crippen LogP contribution in [0.4, 0.5) is 0 Å². The first-order chi connectivity index (χ1) is 9.88. The van der Waals surface area contributed by atoms with Gasteiger partial charge in [-0.15, -0.1) is 0 Å². The fraction of sp³-hybridized carbons (Fsp3) is 0.562. The molecule has 2 N–H and O–H groups in total. The van der Waals surface area contributed by atoms with E-state index in [0.717, 1.165) is 12.0 Å². The van der Waals surface area contributed by atoms with Crippen molar-refractivity contribution in [1.82, 2.24) is 4.90 Å². The summed E-state index contributed by atoms with van der Waals surface area (Å²) in [7, 11) is 0. The Morgan fingerprint density at radius 1 is 1.33 bits per heavy atom. The Kier molecular flexibility index (Phi) is 6.99. The lowest BCUT2D eigenvalue weighted by atomic mass is 10.1. The number of nitrogens with two attached hydrogens (primary N) is 1. The highest BCUT2D eigenvalue weighted by Gasteiger charge is 2.20. The number of likely N-dealkylation sites (N-methyl/N-ethyl adjacent to an activating group) is 1. The van der Waals surface area contributed by atoms with Crippen molar-refractivity contribution >= 4 is 17.5 Å². The third-order valence-electron chi connectivity index (χ3n) is 3.28. The molecule has 21 heavy (non-hydrogen) atoms. The Hall–Kier alpha value is -1.26. The smallest absolute Gasteiger partial charge is 0.263 e. The molecule has 1 aromatic rings. The van der Waals surface area contributed by atoms with Gasteiger partial charge in [0.2, 0.25) is 0 Å². The van der Waals surface area contributed by atoms with E-state index in [-0.39, 0.29) is 11.9 Å². The van der Waals surface area contributed by atoms with Crippen LogP contribution in [0.25, 0.3) is 0 Å². The number of amides is 1. The summed E-state index contributed by atoms with van der Waals surface area (Å²) in [5, 5.41) is 0.507. The van der Waals surface area contributed by atoms with E-state index in [4.69, 9.17) is 22.1 Å². The normalized spacial score (nSPS) is 13.6. The predicted octanol–water partition coefficient (Wildman–Crippen LogP) is 2.87. The molecule has 4 nitrogen and oxygen atoms in total. The van der Waals surface area contributed by atoms with Gasteiger partial charge in [-0.3, -0.25) is 4.79 Å². The van der Waals surface area contributed by atoms with Gasteiger partial charge in [-0.1, -0.05) is 17.7 Å². The molecule has 5 heteroatoms. The molecule has 0 fully saturated rings. The maximum atomic E-state index is 12.2. The molecule has 0 radical (unpaired) electrons. The van der Waals surface area contributed by atoms with Crippen molar-refractivity contribution < 1.29 is 9.53 Å². The highest BCUT2D eigenvalue weighted by molar-refractivity contribution is 6.32. The zero-order valence-corrected chi connectivity index (χ0v) is 14.0. The molecule has 1 rings (SSSR count). The maximum absolute atomic E-state index is 12.2. The van der Waals surface area contributed by atoms with Gasteiger partial charge in [0.05, 0.1) is 5.02 Å². The molecule has 0 aromatic heterocycles. The molecule has 0 bridgehead atoms. The van der Waals surface area contributed by atoms with Crippen LogP contribution in [-0.2, 0) is 11.2 Å². The minimum atomic E-state index is -0.554. The van der Waals surface area contributed by atoms with Crippen LogP contribution in [0.5, 0.6) is 5.75 Å².